The molecule has 0 spiro atoms. The van der Waals surface area contributed by atoms with Gasteiger partial charge in [0.25, 0.3) is 0 Å². The Morgan fingerprint density at radius 3 is 1.56 bits per heavy atom. The minimum Gasteiger partial charge on any atom is -0.313 e. The highest BCUT2D eigenvalue weighted by Gasteiger charge is 2.12. The van der Waals surface area contributed by atoms with Crippen LogP contribution in [-0.4, -0.2) is 8.80 Å². The van der Waals surface area contributed by atoms with Crippen molar-refractivity contribution < 1.29 is 0 Å². The van der Waals surface area contributed by atoms with E-state index in [1.165, 1.54) is 32.8 Å². The van der Waals surface area contributed by atoms with Crippen molar-refractivity contribution in [3.05, 3.63) is 60.9 Å². The third-order valence-corrected chi connectivity index (χ3v) is 3.90. The number of para-hydroxylation sites is 2. The van der Waals surface area contributed by atoms with Gasteiger partial charge in [-0.15, -0.1) is 0 Å². The average molecular weight is 230 g/mol. The van der Waals surface area contributed by atoms with E-state index in [4.69, 9.17) is 0 Å². The topological polar surface area (TPSA) is 8.82 Å². The first-order chi connectivity index (χ1) is 8.93. The molecular weight excluding hydrogens is 220 g/mol. The minimum absolute atomic E-state index is 1.25. The van der Waals surface area contributed by atoms with Crippen LogP contribution in [0.25, 0.3) is 32.8 Å². The normalized spacial score (nSPS) is 12.4. The second-order valence-corrected chi connectivity index (χ2v) is 4.80. The summed E-state index contributed by atoms with van der Waals surface area (Å²) in [5.74, 6) is 0. The second-order valence-electron chi connectivity index (χ2n) is 4.80. The Morgan fingerprint density at radius 2 is 1.06 bits per heavy atom. The molecule has 0 aliphatic heterocycles. The third kappa shape index (κ3) is 0.798. The largest absolute Gasteiger partial charge is 0.313 e. The predicted molar refractivity (Wildman–Crippen MR) is 74.6 cm³/mol. The maximum atomic E-state index is 2.30. The van der Waals surface area contributed by atoms with E-state index in [9.17, 15) is 0 Å². The van der Waals surface area contributed by atoms with Gasteiger partial charge < -0.3 is 8.80 Å². The molecule has 84 valence electrons. The summed E-state index contributed by atoms with van der Waals surface area (Å²) >= 11 is 0. The van der Waals surface area contributed by atoms with Crippen molar-refractivity contribution in [2.24, 2.45) is 0 Å². The lowest BCUT2D eigenvalue weighted by molar-refractivity contribution is 1.20. The zero-order chi connectivity index (χ0) is 11.7. The highest BCUT2D eigenvalue weighted by atomic mass is 15.0. The first-order valence-corrected chi connectivity index (χ1v) is 6.14. The van der Waals surface area contributed by atoms with Crippen LogP contribution in [0.3, 0.4) is 0 Å². The highest BCUT2D eigenvalue weighted by molar-refractivity contribution is 6.08. The maximum absolute atomic E-state index is 2.30. The van der Waals surface area contributed by atoms with E-state index in [2.05, 4.69) is 69.7 Å². The molecule has 0 N–H and O–H groups in total. The molecule has 0 bridgehead atoms. The minimum atomic E-state index is 1.25. The lowest BCUT2D eigenvalue weighted by Gasteiger charge is -2.09. The van der Waals surface area contributed by atoms with Crippen LogP contribution in [0, 0.1) is 0 Å². The van der Waals surface area contributed by atoms with Crippen molar-refractivity contribution in [1.82, 2.24) is 8.80 Å². The molecule has 0 saturated heterocycles. The number of hydrogen-bond acceptors (Lipinski definition) is 0. The number of rotatable bonds is 0. The molecule has 0 aliphatic carbocycles. The third-order valence-electron chi connectivity index (χ3n) is 3.90. The first kappa shape index (κ1) is 8.59. The second kappa shape index (κ2) is 2.67. The van der Waals surface area contributed by atoms with Gasteiger partial charge in [0, 0.05) is 23.2 Å². The monoisotopic (exact) mass is 230 g/mol. The average Bonchev–Trinajstić information content (AvgIpc) is 3.01. The summed E-state index contributed by atoms with van der Waals surface area (Å²) in [7, 11) is 0. The zero-order valence-electron chi connectivity index (χ0n) is 9.67. The molecule has 0 amide bonds. The van der Waals surface area contributed by atoms with Crippen LogP contribution in [0.1, 0.15) is 0 Å². The molecule has 0 radical (unpaired) electrons. The smallest absolute Gasteiger partial charge is 0.0777 e. The molecule has 0 atom stereocenters. The summed E-state index contributed by atoms with van der Waals surface area (Å²) in [6.07, 6.45) is 4.33. The van der Waals surface area contributed by atoms with Crippen LogP contribution in [0.2, 0.25) is 0 Å². The van der Waals surface area contributed by atoms with Gasteiger partial charge in [-0.25, -0.2) is 0 Å². The van der Waals surface area contributed by atoms with Crippen molar-refractivity contribution in [2.45, 2.75) is 0 Å². The zero-order valence-corrected chi connectivity index (χ0v) is 9.67. The van der Waals surface area contributed by atoms with Gasteiger partial charge in [0.15, 0.2) is 0 Å². The summed E-state index contributed by atoms with van der Waals surface area (Å²) in [5.41, 5.74) is 5.14. The molecule has 2 heteroatoms. The molecule has 5 rings (SSSR count). The first-order valence-electron chi connectivity index (χ1n) is 6.14. The van der Waals surface area contributed by atoms with Gasteiger partial charge in [0.05, 0.1) is 22.1 Å². The fourth-order valence-electron chi connectivity index (χ4n) is 3.12. The molecule has 0 saturated carbocycles. The van der Waals surface area contributed by atoms with Gasteiger partial charge in [0.2, 0.25) is 0 Å². The highest BCUT2D eigenvalue weighted by Crippen LogP contribution is 2.31. The van der Waals surface area contributed by atoms with Gasteiger partial charge in [-0.05, 0) is 24.3 Å². The van der Waals surface area contributed by atoms with Crippen molar-refractivity contribution in [1.29, 1.82) is 0 Å². The Bertz CT molecular complexity index is 934. The number of benzene rings is 2. The SMILES string of the molecule is c1ccc2c(c1)n1ccc3ccc4ccn2c4c31. The maximum Gasteiger partial charge on any atom is 0.0777 e. The quantitative estimate of drug-likeness (QED) is 0.356. The molecule has 0 unspecified atom stereocenters. The summed E-state index contributed by atoms with van der Waals surface area (Å²) < 4.78 is 4.60. The van der Waals surface area contributed by atoms with Crippen LogP contribution in [-0.2, 0) is 0 Å². The lowest BCUT2D eigenvalue weighted by atomic mass is 10.2. The van der Waals surface area contributed by atoms with E-state index < -0.39 is 0 Å². The van der Waals surface area contributed by atoms with Crippen molar-refractivity contribution in [3.8, 4) is 0 Å². The molecule has 0 aliphatic rings. The Labute approximate surface area is 103 Å². The van der Waals surface area contributed by atoms with E-state index in [0.717, 1.165) is 0 Å². The number of aromatic nitrogens is 2. The molecule has 2 aromatic carbocycles. The Morgan fingerprint density at radius 1 is 0.556 bits per heavy atom. The van der Waals surface area contributed by atoms with E-state index >= 15 is 0 Å². The van der Waals surface area contributed by atoms with E-state index in [-0.39, 0.29) is 0 Å². The molecule has 3 heterocycles. The van der Waals surface area contributed by atoms with Gasteiger partial charge in [-0.3, -0.25) is 0 Å². The summed E-state index contributed by atoms with van der Waals surface area (Å²) in [5, 5.41) is 2.61. The van der Waals surface area contributed by atoms with Gasteiger partial charge in [0.1, 0.15) is 0 Å². The van der Waals surface area contributed by atoms with Crippen molar-refractivity contribution >= 4 is 32.8 Å². The Kier molecular flexibility index (Phi) is 1.27. The molecule has 18 heavy (non-hydrogen) atoms. The fourth-order valence-corrected chi connectivity index (χ4v) is 3.12. The van der Waals surface area contributed by atoms with Crippen LogP contribution >= 0.6 is 0 Å². The summed E-state index contributed by atoms with van der Waals surface area (Å²) in [6.45, 7) is 0. The molecule has 2 nitrogen and oxygen atoms in total. The van der Waals surface area contributed by atoms with Crippen molar-refractivity contribution in [3.63, 3.8) is 0 Å². The lowest BCUT2D eigenvalue weighted by Crippen LogP contribution is -1.94. The molecular formula is C16H10N2. The van der Waals surface area contributed by atoms with Crippen molar-refractivity contribution in [2.75, 3.05) is 0 Å². The van der Waals surface area contributed by atoms with E-state index in [0.29, 0.717) is 0 Å². The summed E-state index contributed by atoms with van der Waals surface area (Å²) in [4.78, 5) is 0. The standard InChI is InChI=1S/C16H10N2/c1-2-4-14-13(3-1)17-9-7-11-5-6-12-8-10-18(14)16(12)15(11)17/h1-10H. The van der Waals surface area contributed by atoms with Gasteiger partial charge in [-0.2, -0.15) is 0 Å². The number of fused-ring (bicyclic) bond motifs is 3. The number of nitrogens with zero attached hydrogens (tertiary/aromatic N) is 2. The fraction of sp³-hybridized carbons (Fsp3) is 0. The predicted octanol–water partition coefficient (Wildman–Crippen LogP) is 3.94. The van der Waals surface area contributed by atoms with Crippen LogP contribution < -0.4 is 0 Å². The Hall–Kier alpha value is -2.48. The molecule has 3 aromatic heterocycles. The van der Waals surface area contributed by atoms with Gasteiger partial charge >= 0.3 is 0 Å². The number of hydrogen-bond donors (Lipinski definition) is 0. The molecule has 5 aromatic rings. The van der Waals surface area contributed by atoms with E-state index in [1.807, 2.05) is 0 Å². The van der Waals surface area contributed by atoms with Gasteiger partial charge in [-0.1, -0.05) is 24.3 Å². The summed E-state index contributed by atoms with van der Waals surface area (Å²) in [6, 6.07) is 17.3. The Balaban J connectivity index is 2.36. The molecule has 0 fully saturated rings. The van der Waals surface area contributed by atoms with E-state index in [1.54, 1.807) is 0 Å². The van der Waals surface area contributed by atoms with Crippen LogP contribution in [0.5, 0.6) is 0 Å². The van der Waals surface area contributed by atoms with Crippen LogP contribution in [0.4, 0.5) is 0 Å². The van der Waals surface area contributed by atoms with Crippen LogP contribution in [0.15, 0.2) is 60.9 Å².